The maximum absolute atomic E-state index is 13.2. The van der Waals surface area contributed by atoms with E-state index in [0.29, 0.717) is 25.2 Å². The average Bonchev–Trinajstić information content (AvgIpc) is 3.51. The van der Waals surface area contributed by atoms with Crippen LogP contribution in [-0.4, -0.2) is 62.9 Å². The molecule has 40 heavy (non-hydrogen) atoms. The highest BCUT2D eigenvalue weighted by molar-refractivity contribution is 7.89. The van der Waals surface area contributed by atoms with Crippen LogP contribution in [0, 0.1) is 17.2 Å². The Morgan fingerprint density at radius 2 is 1.80 bits per heavy atom. The summed E-state index contributed by atoms with van der Waals surface area (Å²) < 4.78 is 33.5. The number of hydrogen-bond donors (Lipinski definition) is 2. The van der Waals surface area contributed by atoms with Crippen LogP contribution < -0.4 is 10.6 Å². The third kappa shape index (κ3) is 8.13. The number of sulfonamides is 1. The minimum Gasteiger partial charge on any atom is -0.374 e. The Bertz CT molecular complexity index is 1290. The molecule has 2 aromatic carbocycles. The molecule has 2 aliphatic rings. The van der Waals surface area contributed by atoms with Crippen LogP contribution in [0.4, 0.5) is 0 Å². The molecule has 0 spiro atoms. The minimum absolute atomic E-state index is 0.0384. The quantitative estimate of drug-likeness (QED) is 0.406. The molecule has 2 aromatic rings. The number of nitrogens with zero attached hydrogens (tertiary/aromatic N) is 2. The van der Waals surface area contributed by atoms with Crippen LogP contribution >= 0.6 is 0 Å². The highest BCUT2D eigenvalue weighted by Gasteiger charge is 2.33. The van der Waals surface area contributed by atoms with Crippen LogP contribution in [0.25, 0.3) is 0 Å². The summed E-state index contributed by atoms with van der Waals surface area (Å²) in [4.78, 5) is 26.0. The first-order chi connectivity index (χ1) is 19.4. The topological polar surface area (TPSA) is 129 Å². The molecule has 1 aliphatic heterocycles. The average molecular weight is 567 g/mol. The standard InChI is InChI=1S/C30H38N4O5S/c31-20-25-12-6-7-13-28(25)40(37,38)34-18-19-39-26(22-34)21-32-30(36)27(16-14-23-8-2-1-3-9-23)33-29(35)17-15-24-10-4-5-11-24/h1-3,6-9,12-13,24,26-27H,4-5,10-11,14-19,21-22H2,(H,32,36)(H,33,35)/t26?,27-/m0/s1. The van der Waals surface area contributed by atoms with Crippen molar-refractivity contribution in [1.82, 2.24) is 14.9 Å². The molecule has 1 saturated carbocycles. The molecule has 9 nitrogen and oxygen atoms in total. The van der Waals surface area contributed by atoms with Gasteiger partial charge in [-0.05, 0) is 42.9 Å². The predicted molar refractivity (Wildman–Crippen MR) is 151 cm³/mol. The molecule has 1 heterocycles. The number of hydrogen-bond acceptors (Lipinski definition) is 6. The van der Waals surface area contributed by atoms with Crippen molar-refractivity contribution >= 4 is 21.8 Å². The van der Waals surface area contributed by atoms with Gasteiger partial charge in [0.15, 0.2) is 0 Å². The lowest BCUT2D eigenvalue weighted by Gasteiger charge is -2.32. The van der Waals surface area contributed by atoms with Crippen molar-refractivity contribution in [3.05, 3.63) is 65.7 Å². The second-order valence-corrected chi connectivity index (χ2v) is 12.4. The van der Waals surface area contributed by atoms with E-state index in [-0.39, 0.29) is 48.5 Å². The van der Waals surface area contributed by atoms with Crippen molar-refractivity contribution in [2.45, 2.75) is 68.4 Å². The Morgan fingerprint density at radius 1 is 1.07 bits per heavy atom. The fraction of sp³-hybridized carbons (Fsp3) is 0.500. The number of benzene rings is 2. The maximum Gasteiger partial charge on any atom is 0.244 e. The van der Waals surface area contributed by atoms with Crippen LogP contribution in [0.5, 0.6) is 0 Å². The second-order valence-electron chi connectivity index (χ2n) is 10.5. The molecule has 2 atom stereocenters. The first-order valence-electron chi connectivity index (χ1n) is 14.1. The first kappa shape index (κ1) is 29.7. The fourth-order valence-corrected chi connectivity index (χ4v) is 7.02. The molecule has 2 amide bonds. The largest absolute Gasteiger partial charge is 0.374 e. The number of morpholine rings is 1. The number of rotatable bonds is 12. The van der Waals surface area contributed by atoms with Crippen molar-refractivity contribution in [3.8, 4) is 6.07 Å². The van der Waals surface area contributed by atoms with Gasteiger partial charge in [-0.15, -0.1) is 0 Å². The van der Waals surface area contributed by atoms with Gasteiger partial charge in [0, 0.05) is 26.1 Å². The zero-order valence-corrected chi connectivity index (χ0v) is 23.6. The summed E-state index contributed by atoms with van der Waals surface area (Å²) in [7, 11) is -3.90. The van der Waals surface area contributed by atoms with Crippen molar-refractivity contribution in [3.63, 3.8) is 0 Å². The zero-order chi connectivity index (χ0) is 28.4. The summed E-state index contributed by atoms with van der Waals surface area (Å²) in [6.45, 7) is 0.475. The molecular formula is C30H38N4O5S. The molecule has 10 heteroatoms. The van der Waals surface area contributed by atoms with Gasteiger partial charge in [-0.3, -0.25) is 9.59 Å². The third-order valence-electron chi connectivity index (χ3n) is 7.70. The van der Waals surface area contributed by atoms with Gasteiger partial charge in [0.05, 0.1) is 23.2 Å². The molecule has 0 aromatic heterocycles. The molecule has 1 aliphatic carbocycles. The summed E-state index contributed by atoms with van der Waals surface area (Å²) in [5.74, 6) is 0.149. The van der Waals surface area contributed by atoms with E-state index in [0.717, 1.165) is 12.0 Å². The van der Waals surface area contributed by atoms with E-state index in [1.54, 1.807) is 12.1 Å². The van der Waals surface area contributed by atoms with E-state index < -0.39 is 22.2 Å². The molecular weight excluding hydrogens is 528 g/mol. The third-order valence-corrected chi connectivity index (χ3v) is 9.62. The molecule has 2 fully saturated rings. The number of ether oxygens (including phenoxy) is 1. The monoisotopic (exact) mass is 566 g/mol. The van der Waals surface area contributed by atoms with Gasteiger partial charge in [-0.1, -0.05) is 68.1 Å². The Kier molecular flexibility index (Phi) is 10.7. The Balaban J connectivity index is 1.35. The van der Waals surface area contributed by atoms with Gasteiger partial charge >= 0.3 is 0 Å². The minimum atomic E-state index is -3.90. The normalized spacial score (nSPS) is 19.0. The lowest BCUT2D eigenvalue weighted by atomic mass is 10.0. The lowest BCUT2D eigenvalue weighted by Crippen LogP contribution is -2.52. The molecule has 1 unspecified atom stereocenters. The number of amides is 2. The molecule has 4 rings (SSSR count). The summed E-state index contributed by atoms with van der Waals surface area (Å²) in [6.07, 6.45) is 6.55. The SMILES string of the molecule is N#Cc1ccccc1S(=O)(=O)N1CCOC(CNC(=O)[C@H](CCc2ccccc2)NC(=O)CCC2CCCC2)C1. The number of nitrogens with one attached hydrogen (secondary N) is 2. The molecule has 0 bridgehead atoms. The van der Waals surface area contributed by atoms with Crippen LogP contribution in [-0.2, 0) is 30.8 Å². The van der Waals surface area contributed by atoms with Crippen molar-refractivity contribution in [2.24, 2.45) is 5.92 Å². The van der Waals surface area contributed by atoms with E-state index in [1.807, 2.05) is 36.4 Å². The first-order valence-corrected chi connectivity index (χ1v) is 15.5. The van der Waals surface area contributed by atoms with Crippen LogP contribution in [0.15, 0.2) is 59.5 Å². The summed E-state index contributed by atoms with van der Waals surface area (Å²) in [6, 6.07) is 17.1. The van der Waals surface area contributed by atoms with Gasteiger partial charge in [0.1, 0.15) is 12.1 Å². The van der Waals surface area contributed by atoms with Gasteiger partial charge in [0.25, 0.3) is 0 Å². The maximum atomic E-state index is 13.2. The molecule has 1 saturated heterocycles. The van der Waals surface area contributed by atoms with Crippen LogP contribution in [0.1, 0.15) is 56.1 Å². The smallest absolute Gasteiger partial charge is 0.244 e. The van der Waals surface area contributed by atoms with Gasteiger partial charge in [-0.25, -0.2) is 8.42 Å². The highest BCUT2D eigenvalue weighted by atomic mass is 32.2. The van der Waals surface area contributed by atoms with Crippen molar-refractivity contribution < 1.29 is 22.7 Å². The Hall–Kier alpha value is -3.26. The van der Waals surface area contributed by atoms with E-state index in [4.69, 9.17) is 4.74 Å². The summed E-state index contributed by atoms with van der Waals surface area (Å²) in [5.41, 5.74) is 1.17. The summed E-state index contributed by atoms with van der Waals surface area (Å²) in [5, 5.41) is 15.2. The van der Waals surface area contributed by atoms with Gasteiger partial charge < -0.3 is 15.4 Å². The molecule has 0 radical (unpaired) electrons. The number of nitriles is 1. The van der Waals surface area contributed by atoms with E-state index in [2.05, 4.69) is 10.6 Å². The van der Waals surface area contributed by atoms with Crippen LogP contribution in [0.2, 0.25) is 0 Å². The predicted octanol–water partition coefficient (Wildman–Crippen LogP) is 3.15. The van der Waals surface area contributed by atoms with E-state index >= 15 is 0 Å². The number of aryl methyl sites for hydroxylation is 1. The lowest BCUT2D eigenvalue weighted by molar-refractivity contribution is -0.129. The van der Waals surface area contributed by atoms with Gasteiger partial charge in [0.2, 0.25) is 21.8 Å². The summed E-state index contributed by atoms with van der Waals surface area (Å²) >= 11 is 0. The molecule has 2 N–H and O–H groups in total. The zero-order valence-electron chi connectivity index (χ0n) is 22.8. The second kappa shape index (κ2) is 14.4. The molecule has 214 valence electrons. The number of carbonyl (C=O) groups is 2. The van der Waals surface area contributed by atoms with E-state index in [9.17, 15) is 23.3 Å². The number of carbonyl (C=O) groups excluding carboxylic acids is 2. The van der Waals surface area contributed by atoms with Crippen molar-refractivity contribution in [1.29, 1.82) is 5.26 Å². The van der Waals surface area contributed by atoms with Crippen LogP contribution in [0.3, 0.4) is 0 Å². The highest BCUT2D eigenvalue weighted by Crippen LogP contribution is 2.28. The van der Waals surface area contributed by atoms with Crippen molar-refractivity contribution in [2.75, 3.05) is 26.2 Å². The van der Waals surface area contributed by atoms with Gasteiger partial charge in [-0.2, -0.15) is 9.57 Å². The Labute approximate surface area is 236 Å². The fourth-order valence-electron chi connectivity index (χ4n) is 5.42. The van der Waals surface area contributed by atoms with E-state index in [1.165, 1.54) is 42.1 Å². The Morgan fingerprint density at radius 3 is 2.55 bits per heavy atom.